The maximum atomic E-state index is 15.3. The molecule has 0 saturated heterocycles. The third-order valence-electron chi connectivity index (χ3n) is 23.3. The molecule has 776 valence electrons. The summed E-state index contributed by atoms with van der Waals surface area (Å²) in [6.45, 7) is 21.9. The van der Waals surface area contributed by atoms with Crippen molar-refractivity contribution >= 4 is 128 Å². The van der Waals surface area contributed by atoms with Gasteiger partial charge in [0.15, 0.2) is 17.9 Å². The highest BCUT2D eigenvalue weighted by Crippen LogP contribution is 2.24. The second-order valence-electron chi connectivity index (χ2n) is 37.3. The maximum absolute atomic E-state index is 15.3. The molecule has 37 N–H and O–H groups in total. The molecule has 0 aliphatic carbocycles. The molecule has 0 fully saturated rings. The lowest BCUT2D eigenvalue weighted by Gasteiger charge is -2.29. The van der Waals surface area contributed by atoms with Gasteiger partial charge in [-0.2, -0.15) is 0 Å². The second-order valence-corrected chi connectivity index (χ2v) is 37.3. The van der Waals surface area contributed by atoms with E-state index >= 15 is 19.2 Å². The maximum Gasteiger partial charge on any atom is 0.326 e. The van der Waals surface area contributed by atoms with Gasteiger partial charge in [-0.25, -0.2) is 4.79 Å². The molecule has 0 saturated carbocycles. The molecule has 2 aromatic carbocycles. The summed E-state index contributed by atoms with van der Waals surface area (Å²) in [6, 6.07) is -7.94. The standard InChI is InChI=1S/C93H156N28O18/c1-14-52(10)73(96)87(135)112-63(31-20-22-36-95)80(128)120-74(54(12)122)88(136)113-66(34-25-39-105-93(101)102)81(129)121-75(55(13)123)89(137)118-71(45-57-47-107-61-29-18-16-27-59(57)61)85(133)111-64(32-23-37-103-91(97)98)77(125)115-67(40-48(2)3)82(130)108-53(11)76(124)114-68(41-49(4)5)83(131)110-65(33-24-38-104-92(99)100)78(126)117-70(44-56-46-106-60-28-17-15-26-58(56)60)86(134)116-69(42-50(6)7)84(132)109-62(30-19-21-35-94)79(127)119-72(90(138)139)43-51(8)9/h15-18,26-29,46-55,62-75,106-107,122-123H,14,19-25,30-45,94-96H2,1-13H3,(H,108,130)(H,109,132)(H,110,131)(H,111,133)(H,112,135)(H,113,136)(H,114,124)(H,115,125)(H,116,134)(H,117,126)(H,118,137)(H,119,127)(H,120,128)(H,121,129)(H,138,139)(H4,97,98,103)(H4,99,100,104)(H4,101,102,105)/t52-,53-,54+,55+,62-,63-,64-,65-,66-,67-,68-,69-,70-,71-,72-,73-,74-,75-/m0/s1. The molecule has 0 aliphatic heterocycles. The van der Waals surface area contributed by atoms with Crippen LogP contribution in [0, 0.1) is 45.8 Å². The number of H-pyrrole nitrogens is 2. The molecule has 0 aliphatic rings. The van der Waals surface area contributed by atoms with Crippen LogP contribution in [-0.2, 0) is 84.8 Å². The van der Waals surface area contributed by atoms with Crippen molar-refractivity contribution in [1.82, 2.24) is 100 Å². The zero-order valence-electron chi connectivity index (χ0n) is 82.4. The Hall–Kier alpha value is -12.8. The van der Waals surface area contributed by atoms with Crippen molar-refractivity contribution in [3.8, 4) is 0 Å². The lowest BCUT2D eigenvalue weighted by atomic mass is 9.98. The molecule has 18 atom stereocenters. The van der Waals surface area contributed by atoms with Gasteiger partial charge in [0.1, 0.15) is 84.6 Å². The summed E-state index contributed by atoms with van der Waals surface area (Å²) in [6.07, 6.45) is 1.10. The average molecular weight is 1950 g/mol. The van der Waals surface area contributed by atoms with E-state index in [2.05, 4.69) is 100 Å². The van der Waals surface area contributed by atoms with E-state index in [1.807, 2.05) is 6.92 Å². The molecular formula is C93H156N28O18. The zero-order chi connectivity index (χ0) is 104. The van der Waals surface area contributed by atoms with Crippen molar-refractivity contribution in [3.05, 3.63) is 72.1 Å². The van der Waals surface area contributed by atoms with E-state index in [1.165, 1.54) is 13.8 Å². The number of carbonyl (C=O) groups excluding carboxylic acids is 14. The smallest absolute Gasteiger partial charge is 0.326 e. The number of aliphatic hydroxyl groups excluding tert-OH is 2. The number of carboxylic acid groups (broad SMARTS) is 1. The molecule has 2 aromatic heterocycles. The molecule has 139 heavy (non-hydrogen) atoms. The van der Waals surface area contributed by atoms with Gasteiger partial charge in [-0.15, -0.1) is 0 Å². The van der Waals surface area contributed by atoms with Crippen LogP contribution >= 0.6 is 0 Å². The molecule has 0 unspecified atom stereocenters. The van der Waals surface area contributed by atoms with Gasteiger partial charge in [0.25, 0.3) is 0 Å². The van der Waals surface area contributed by atoms with Crippen LogP contribution in [0.15, 0.2) is 60.9 Å². The Balaban J connectivity index is 1.70. The second kappa shape index (κ2) is 60.8. The van der Waals surface area contributed by atoms with Crippen LogP contribution in [0.25, 0.3) is 21.8 Å². The fourth-order valence-electron chi connectivity index (χ4n) is 15.4. The Bertz CT molecular complexity index is 4710. The minimum absolute atomic E-state index is 0.0111. The van der Waals surface area contributed by atoms with Crippen molar-refractivity contribution < 1.29 is 87.2 Å². The first-order chi connectivity index (χ1) is 65.6. The van der Waals surface area contributed by atoms with E-state index in [0.717, 1.165) is 6.92 Å². The van der Waals surface area contributed by atoms with Gasteiger partial charge in [-0.3, -0.25) is 83.4 Å². The lowest BCUT2D eigenvalue weighted by Crippen LogP contribution is -2.63. The highest BCUT2D eigenvalue weighted by atomic mass is 16.4. The van der Waals surface area contributed by atoms with Crippen LogP contribution in [0.4, 0.5) is 0 Å². The Morgan fingerprint density at radius 2 is 0.604 bits per heavy atom. The van der Waals surface area contributed by atoms with E-state index in [0.29, 0.717) is 65.0 Å². The summed E-state index contributed by atoms with van der Waals surface area (Å²) < 4.78 is 0. The minimum atomic E-state index is -1.93. The van der Waals surface area contributed by atoms with Crippen molar-refractivity contribution in [2.75, 3.05) is 32.7 Å². The van der Waals surface area contributed by atoms with Gasteiger partial charge >= 0.3 is 5.97 Å². The van der Waals surface area contributed by atoms with Crippen molar-refractivity contribution in [2.45, 2.75) is 315 Å². The number of hydrogen-bond donors (Lipinski definition) is 31. The van der Waals surface area contributed by atoms with Crippen molar-refractivity contribution in [2.24, 2.45) is 64.0 Å². The molecule has 4 aromatic rings. The third kappa shape index (κ3) is 42.2. The van der Waals surface area contributed by atoms with Crippen LogP contribution in [0.5, 0.6) is 0 Å². The van der Waals surface area contributed by atoms with Gasteiger partial charge in [0.2, 0.25) is 82.7 Å². The number of carbonyl (C=O) groups is 15. The lowest BCUT2D eigenvalue weighted by molar-refractivity contribution is -0.143. The number of amides is 14. The number of hydrogen-bond acceptors (Lipinski definition) is 23. The summed E-state index contributed by atoms with van der Waals surface area (Å²) in [4.78, 5) is 223. The predicted octanol–water partition coefficient (Wildman–Crippen LogP) is -2.31. The number of rotatable bonds is 65. The number of para-hydroxylation sites is 2. The predicted molar refractivity (Wildman–Crippen MR) is 526 cm³/mol. The van der Waals surface area contributed by atoms with Crippen LogP contribution in [0.1, 0.15) is 210 Å². The molecule has 46 heteroatoms. The number of carboxylic acids is 1. The number of aliphatic carboxylic acids is 1. The number of nitrogens with two attached hydrogens (primary N) is 6. The van der Waals surface area contributed by atoms with Gasteiger partial charge < -0.3 is 150 Å². The van der Waals surface area contributed by atoms with Gasteiger partial charge in [-0.05, 0) is 189 Å². The largest absolute Gasteiger partial charge is 0.480 e. The first kappa shape index (κ1) is 118. The van der Waals surface area contributed by atoms with E-state index in [9.17, 15) is 68.1 Å². The van der Waals surface area contributed by atoms with E-state index in [4.69, 9.17) is 50.6 Å². The number of guanidine groups is 3. The summed E-state index contributed by atoms with van der Waals surface area (Å²) in [5.41, 5.74) is 36.9. The Morgan fingerprint density at radius 1 is 0.338 bits per heavy atom. The van der Waals surface area contributed by atoms with Crippen molar-refractivity contribution in [3.63, 3.8) is 0 Å². The Morgan fingerprint density at radius 3 is 0.928 bits per heavy atom. The topological polar surface area (TPSA) is 780 Å². The molecule has 14 amide bonds. The number of unbranched alkanes of at least 4 members (excludes halogenated alkanes) is 2. The Labute approximate surface area is 812 Å². The summed E-state index contributed by atoms with van der Waals surface area (Å²) >= 11 is 0. The first-order valence-corrected chi connectivity index (χ1v) is 47.9. The molecular weight excluding hydrogens is 1800 g/mol. The highest BCUT2D eigenvalue weighted by molar-refractivity contribution is 6.02. The van der Waals surface area contributed by atoms with Gasteiger partial charge in [0, 0.05) is 66.7 Å². The van der Waals surface area contributed by atoms with Crippen molar-refractivity contribution in [1.29, 1.82) is 16.2 Å². The molecule has 0 radical (unpaired) electrons. The Kier molecular flexibility index (Phi) is 51.8. The highest BCUT2D eigenvalue weighted by Gasteiger charge is 2.41. The monoisotopic (exact) mass is 1950 g/mol. The van der Waals surface area contributed by atoms with Crippen LogP contribution in [0.2, 0.25) is 0 Å². The van der Waals surface area contributed by atoms with Crippen LogP contribution < -0.4 is 125 Å². The van der Waals surface area contributed by atoms with E-state index < -0.39 is 209 Å². The fourth-order valence-corrected chi connectivity index (χ4v) is 15.4. The van der Waals surface area contributed by atoms with Gasteiger partial charge in [-0.1, -0.05) is 112 Å². The molecule has 0 bridgehead atoms. The molecule has 46 nitrogen and oxygen atoms in total. The quantitative estimate of drug-likeness (QED) is 0.0125. The number of nitrogens with one attached hydrogen (secondary N) is 22. The number of aliphatic hydroxyl groups is 2. The molecule has 2 heterocycles. The molecule has 4 rings (SSSR count). The van der Waals surface area contributed by atoms with E-state index in [-0.39, 0.29) is 152 Å². The zero-order valence-corrected chi connectivity index (χ0v) is 82.4. The summed E-state index contributed by atoms with van der Waals surface area (Å²) in [7, 11) is 0. The number of aromatic nitrogens is 2. The number of aromatic amines is 2. The number of benzene rings is 2. The van der Waals surface area contributed by atoms with Crippen LogP contribution in [0.3, 0.4) is 0 Å². The first-order valence-electron chi connectivity index (χ1n) is 47.9. The fraction of sp³-hybridized carbons (Fsp3) is 0.634. The van der Waals surface area contributed by atoms with Gasteiger partial charge in [0.05, 0.1) is 18.2 Å². The summed E-state index contributed by atoms with van der Waals surface area (Å²) in [5.74, 6) is -16.7. The molecule has 0 spiro atoms. The normalized spacial score (nSPS) is 15.3. The SMILES string of the molecule is CC[C@H](C)[C@H](N)C(=O)N[C@@H](CCCCN)C(=O)N[C@H](C(=O)N[C@@H](CCCNC(=N)N)C(=O)N[C@H](C(=O)N[C@@H](Cc1c[nH]c2ccccc12)C(=O)N[C@@H](CCCNC(=N)N)C(=O)N[C@@H](CC(C)C)C(=O)N[C@@H](C)C(=O)N[C@@H](CC(C)C)C(=O)N[C@@H](CCCNC(=N)N)C(=O)N[C@@H](Cc1c[nH]c2ccccc12)C(=O)N[C@@H](CC(C)C)C(=O)N[C@@H](CCCCN)C(=O)N[C@@H](CC(C)C)C(=O)O)[C@@H](C)O)[C@@H](C)O. The van der Waals surface area contributed by atoms with Crippen LogP contribution in [-0.4, -0.2) is 267 Å². The van der Waals surface area contributed by atoms with E-state index in [1.54, 1.807) is 123 Å². The third-order valence-corrected chi connectivity index (χ3v) is 23.3. The summed E-state index contributed by atoms with van der Waals surface area (Å²) in [5, 5.41) is 102. The average Bonchev–Trinajstić information content (AvgIpc) is 1.68. The number of fused-ring (bicyclic) bond motifs is 2. The minimum Gasteiger partial charge on any atom is -0.480 e.